The van der Waals surface area contributed by atoms with Gasteiger partial charge in [0.15, 0.2) is 0 Å². The number of nitrogens with zero attached hydrogens (tertiary/aromatic N) is 1. The van der Waals surface area contributed by atoms with E-state index in [0.717, 1.165) is 12.1 Å². The Labute approximate surface area is 145 Å². The van der Waals surface area contributed by atoms with Gasteiger partial charge < -0.3 is 9.47 Å². The molecule has 0 saturated carbocycles. The summed E-state index contributed by atoms with van der Waals surface area (Å²) in [6.07, 6.45) is -4.88. The topological polar surface area (TPSA) is 67.9 Å². The van der Waals surface area contributed by atoms with Gasteiger partial charge in [-0.3, -0.25) is 4.90 Å². The van der Waals surface area contributed by atoms with Crippen LogP contribution < -0.4 is 9.46 Å². The number of ether oxygens (including phenoxy) is 2. The summed E-state index contributed by atoms with van der Waals surface area (Å²) in [5, 5.41) is 0. The van der Waals surface area contributed by atoms with Crippen molar-refractivity contribution in [3.63, 3.8) is 0 Å². The Morgan fingerprint density at radius 3 is 2.72 bits per heavy atom. The fourth-order valence-electron chi connectivity index (χ4n) is 2.54. The Kier molecular flexibility index (Phi) is 5.97. The lowest BCUT2D eigenvalue weighted by molar-refractivity contribution is -0.274. The summed E-state index contributed by atoms with van der Waals surface area (Å²) in [4.78, 5) is 1.82. The summed E-state index contributed by atoms with van der Waals surface area (Å²) in [5.74, 6) is -0.579. The minimum Gasteiger partial charge on any atom is -0.406 e. The van der Waals surface area contributed by atoms with Crippen LogP contribution in [-0.2, 0) is 14.8 Å². The molecule has 2 rings (SSSR count). The second-order valence-electron chi connectivity index (χ2n) is 6.27. The van der Waals surface area contributed by atoms with Crippen LogP contribution in [0.5, 0.6) is 5.75 Å². The van der Waals surface area contributed by atoms with Crippen LogP contribution in [0.3, 0.4) is 0 Å². The molecule has 6 nitrogen and oxygen atoms in total. The number of halogens is 3. The molecule has 1 saturated heterocycles. The molecule has 0 aliphatic carbocycles. The second kappa shape index (κ2) is 7.48. The summed E-state index contributed by atoms with van der Waals surface area (Å²) in [5.41, 5.74) is -0.204. The van der Waals surface area contributed by atoms with E-state index in [4.69, 9.17) is 4.74 Å². The number of morpholine rings is 1. The molecule has 0 aromatic heterocycles. The minimum atomic E-state index is -4.88. The Morgan fingerprint density at radius 1 is 1.36 bits per heavy atom. The lowest BCUT2D eigenvalue weighted by atomic mass is 10.0. The fraction of sp³-hybridized carbons (Fsp3) is 0.600. The maximum atomic E-state index is 12.3. The van der Waals surface area contributed by atoms with Crippen molar-refractivity contribution in [2.75, 3.05) is 32.8 Å². The van der Waals surface area contributed by atoms with Crippen LogP contribution in [0.4, 0.5) is 13.2 Å². The smallest absolute Gasteiger partial charge is 0.406 e. The van der Waals surface area contributed by atoms with Gasteiger partial charge in [0.1, 0.15) is 5.75 Å². The van der Waals surface area contributed by atoms with Crippen LogP contribution in [-0.4, -0.2) is 58.1 Å². The Balaban J connectivity index is 1.98. The molecule has 142 valence electrons. The lowest BCUT2D eigenvalue weighted by Gasteiger charge is -2.42. The van der Waals surface area contributed by atoms with Gasteiger partial charge in [-0.25, -0.2) is 13.1 Å². The summed E-state index contributed by atoms with van der Waals surface area (Å²) in [6, 6.07) is 4.29. The molecule has 1 aliphatic rings. The maximum Gasteiger partial charge on any atom is 0.573 e. The third-order valence-corrected chi connectivity index (χ3v) is 5.30. The highest BCUT2D eigenvalue weighted by atomic mass is 32.2. The number of rotatable bonds is 6. The highest BCUT2D eigenvalue weighted by Gasteiger charge is 2.32. The van der Waals surface area contributed by atoms with E-state index in [-0.39, 0.29) is 17.0 Å². The van der Waals surface area contributed by atoms with Gasteiger partial charge in [-0.05, 0) is 26.0 Å². The summed E-state index contributed by atoms with van der Waals surface area (Å²) in [7, 11) is -3.93. The first-order valence-electron chi connectivity index (χ1n) is 7.68. The molecule has 0 amide bonds. The molecule has 0 atom stereocenters. The van der Waals surface area contributed by atoms with Crippen LogP contribution in [0, 0.1) is 0 Å². The monoisotopic (exact) mass is 382 g/mol. The zero-order valence-electron chi connectivity index (χ0n) is 14.0. The molecule has 1 aliphatic heterocycles. The van der Waals surface area contributed by atoms with E-state index in [1.165, 1.54) is 12.1 Å². The van der Waals surface area contributed by atoms with Gasteiger partial charge in [0.25, 0.3) is 0 Å². The first-order valence-corrected chi connectivity index (χ1v) is 9.16. The van der Waals surface area contributed by atoms with Gasteiger partial charge >= 0.3 is 6.36 Å². The highest BCUT2D eigenvalue weighted by Crippen LogP contribution is 2.25. The summed E-state index contributed by atoms with van der Waals surface area (Å²) < 4.78 is 72.8. The Morgan fingerprint density at radius 2 is 2.08 bits per heavy atom. The van der Waals surface area contributed by atoms with Crippen LogP contribution in [0.2, 0.25) is 0 Å². The predicted octanol–water partition coefficient (Wildman–Crippen LogP) is 1.97. The molecule has 1 aromatic rings. The van der Waals surface area contributed by atoms with Gasteiger partial charge in [0.2, 0.25) is 10.0 Å². The van der Waals surface area contributed by atoms with Crippen molar-refractivity contribution in [3.05, 3.63) is 24.3 Å². The van der Waals surface area contributed by atoms with Crippen molar-refractivity contribution < 1.29 is 31.1 Å². The zero-order chi connectivity index (χ0) is 18.7. The largest absolute Gasteiger partial charge is 0.573 e. The predicted molar refractivity (Wildman–Crippen MR) is 84.8 cm³/mol. The minimum absolute atomic E-state index is 0.135. The molecule has 1 heterocycles. The Bertz CT molecular complexity index is 692. The van der Waals surface area contributed by atoms with E-state index < -0.39 is 22.1 Å². The van der Waals surface area contributed by atoms with Gasteiger partial charge in [-0.2, -0.15) is 0 Å². The molecule has 0 bridgehead atoms. The molecule has 10 heteroatoms. The van der Waals surface area contributed by atoms with Crippen molar-refractivity contribution >= 4 is 10.0 Å². The maximum absolute atomic E-state index is 12.3. The number of sulfonamides is 1. The normalized spacial score (nSPS) is 18.9. The van der Waals surface area contributed by atoms with E-state index in [9.17, 15) is 21.6 Å². The van der Waals surface area contributed by atoms with Crippen molar-refractivity contribution in [1.82, 2.24) is 9.62 Å². The van der Waals surface area contributed by atoms with Crippen LogP contribution in [0.1, 0.15) is 13.8 Å². The highest BCUT2D eigenvalue weighted by molar-refractivity contribution is 7.89. The lowest BCUT2D eigenvalue weighted by Crippen LogP contribution is -2.54. The van der Waals surface area contributed by atoms with E-state index in [1.54, 1.807) is 0 Å². The van der Waals surface area contributed by atoms with Crippen molar-refractivity contribution in [3.8, 4) is 5.75 Å². The molecule has 0 spiro atoms. The van der Waals surface area contributed by atoms with E-state index in [0.29, 0.717) is 26.3 Å². The van der Waals surface area contributed by atoms with E-state index >= 15 is 0 Å². The fourth-order valence-corrected chi connectivity index (χ4v) is 3.60. The molecule has 1 N–H and O–H groups in total. The second-order valence-corrected chi connectivity index (χ2v) is 8.04. The van der Waals surface area contributed by atoms with E-state index in [1.807, 2.05) is 13.8 Å². The van der Waals surface area contributed by atoms with Gasteiger partial charge in [0.05, 0.1) is 18.1 Å². The number of hydrogen-bond donors (Lipinski definition) is 1. The summed E-state index contributed by atoms with van der Waals surface area (Å²) in [6.45, 7) is 6.41. The standard InChI is InChI=1S/C15H21F3N2O4S/c1-14(2)11-23-9-8-20(14)7-6-19-25(21,22)13-5-3-4-12(10-13)24-15(16,17)18/h3-5,10,19H,6-9,11H2,1-2H3. The third kappa shape index (κ3) is 5.84. The van der Waals surface area contributed by atoms with Gasteiger partial charge in [-0.15, -0.1) is 13.2 Å². The molecule has 0 radical (unpaired) electrons. The van der Waals surface area contributed by atoms with Crippen LogP contribution in [0.25, 0.3) is 0 Å². The SMILES string of the molecule is CC1(C)COCCN1CCNS(=O)(=O)c1cccc(OC(F)(F)F)c1. The number of nitrogens with one attached hydrogen (secondary N) is 1. The Hall–Kier alpha value is -1.36. The molecular formula is C15H21F3N2O4S. The average molecular weight is 382 g/mol. The molecule has 25 heavy (non-hydrogen) atoms. The number of alkyl halides is 3. The molecular weight excluding hydrogens is 361 g/mol. The quantitative estimate of drug-likeness (QED) is 0.815. The third-order valence-electron chi connectivity index (χ3n) is 3.84. The molecule has 1 aromatic carbocycles. The first-order chi connectivity index (χ1) is 11.5. The van der Waals surface area contributed by atoms with Crippen LogP contribution in [0.15, 0.2) is 29.2 Å². The van der Waals surface area contributed by atoms with Crippen LogP contribution >= 0.6 is 0 Å². The number of hydrogen-bond acceptors (Lipinski definition) is 5. The molecule has 0 unspecified atom stereocenters. The van der Waals surface area contributed by atoms with Crippen molar-refractivity contribution in [1.29, 1.82) is 0 Å². The van der Waals surface area contributed by atoms with Gasteiger partial charge in [0, 0.05) is 31.2 Å². The van der Waals surface area contributed by atoms with Gasteiger partial charge in [-0.1, -0.05) is 6.07 Å². The summed E-state index contributed by atoms with van der Waals surface area (Å²) >= 11 is 0. The van der Waals surface area contributed by atoms with Crippen molar-refractivity contribution in [2.24, 2.45) is 0 Å². The number of benzene rings is 1. The molecule has 1 fully saturated rings. The average Bonchev–Trinajstić information content (AvgIpc) is 2.47. The zero-order valence-corrected chi connectivity index (χ0v) is 14.8. The van der Waals surface area contributed by atoms with Crippen molar-refractivity contribution in [2.45, 2.75) is 30.6 Å². The van der Waals surface area contributed by atoms with E-state index in [2.05, 4.69) is 14.4 Å². The first kappa shape index (κ1) is 20.0.